The number of hydrogen-bond acceptors (Lipinski definition) is 0. The van der Waals surface area contributed by atoms with Crippen LogP contribution in [-0.2, 0) is 0 Å². The van der Waals surface area contributed by atoms with E-state index in [1.54, 1.807) is 0 Å². The molecular weight excluding hydrogens is 368 g/mol. The maximum absolute atomic E-state index is 3.56. The Morgan fingerprint density at radius 1 is 1.11 bits per heavy atom. The average Bonchev–Trinajstić information content (AvgIpc) is 2.20. The molecule has 0 heterocycles. The summed E-state index contributed by atoms with van der Waals surface area (Å²) in [5.41, 5.74) is 0.753. The first-order chi connectivity index (χ1) is 8.13. The predicted molar refractivity (Wildman–Crippen MR) is 95.6 cm³/mol. The van der Waals surface area contributed by atoms with Crippen LogP contribution in [0.15, 0.2) is 9.47 Å². The van der Waals surface area contributed by atoms with Crippen molar-refractivity contribution in [3.8, 4) is 0 Å². The van der Waals surface area contributed by atoms with Crippen LogP contribution in [0.4, 0.5) is 0 Å². The summed E-state index contributed by atoms with van der Waals surface area (Å²) in [6.45, 7) is 14.6. The van der Waals surface area contributed by atoms with Gasteiger partial charge in [0.15, 0.2) is 0 Å². The molecule has 0 aliphatic rings. The molecule has 0 amide bonds. The van der Waals surface area contributed by atoms with Crippen LogP contribution < -0.4 is 0 Å². The summed E-state index contributed by atoms with van der Waals surface area (Å²) in [7, 11) is -1.29. The van der Waals surface area contributed by atoms with Crippen molar-refractivity contribution in [3.63, 3.8) is 0 Å². The van der Waals surface area contributed by atoms with Crippen LogP contribution in [0.2, 0.25) is 23.7 Å². The minimum atomic E-state index is -1.29. The van der Waals surface area contributed by atoms with Gasteiger partial charge in [0, 0.05) is 0 Å². The minimum Gasteiger partial charge on any atom is -0.0685 e. The van der Waals surface area contributed by atoms with Gasteiger partial charge in [-0.05, 0) is 48.9 Å². The molecule has 0 N–H and O–H groups in total. The number of halogens is 2. The summed E-state index contributed by atoms with van der Waals surface area (Å²) in [6, 6.07) is 0. The van der Waals surface area contributed by atoms with E-state index in [0.29, 0.717) is 5.04 Å². The topological polar surface area (TPSA) is 0 Å². The summed E-state index contributed by atoms with van der Waals surface area (Å²) in [5.74, 6) is 0. The van der Waals surface area contributed by atoms with Crippen molar-refractivity contribution in [1.82, 2.24) is 0 Å². The molecule has 0 aliphatic heterocycles. The van der Waals surface area contributed by atoms with Crippen LogP contribution >= 0.6 is 31.9 Å². The van der Waals surface area contributed by atoms with E-state index in [9.17, 15) is 0 Å². The smallest absolute Gasteiger partial charge is 0.0597 e. The van der Waals surface area contributed by atoms with Crippen molar-refractivity contribution >= 4 is 39.9 Å². The van der Waals surface area contributed by atoms with Gasteiger partial charge in [0.25, 0.3) is 0 Å². The standard InChI is InChI=1S/C15H30Br2Si/c1-7-8-9-10-11-13(12-14(16)17)18(5,6)15(2,3)4/h12-13H,7-11H2,1-6H3. The highest BCUT2D eigenvalue weighted by Crippen LogP contribution is 2.47. The largest absolute Gasteiger partial charge is 0.0685 e. The molecule has 0 aromatic heterocycles. The first kappa shape index (κ1) is 18.9. The lowest BCUT2D eigenvalue weighted by atomic mass is 10.1. The lowest BCUT2D eigenvalue weighted by Crippen LogP contribution is -2.41. The van der Waals surface area contributed by atoms with Gasteiger partial charge in [0.2, 0.25) is 0 Å². The van der Waals surface area contributed by atoms with Crippen molar-refractivity contribution in [1.29, 1.82) is 0 Å². The lowest BCUT2D eigenvalue weighted by molar-refractivity contribution is 0.613. The number of rotatable bonds is 7. The molecule has 0 saturated carbocycles. The summed E-state index contributed by atoms with van der Waals surface area (Å²) < 4.78 is 1.13. The van der Waals surface area contributed by atoms with Crippen LogP contribution in [0.3, 0.4) is 0 Å². The minimum absolute atomic E-state index is 0.453. The molecule has 3 heteroatoms. The molecule has 0 aromatic rings. The Bertz CT molecular complexity index is 260. The highest BCUT2D eigenvalue weighted by Gasteiger charge is 2.40. The fourth-order valence-electron chi connectivity index (χ4n) is 2.15. The summed E-state index contributed by atoms with van der Waals surface area (Å²) in [4.78, 5) is 0. The van der Waals surface area contributed by atoms with Crippen molar-refractivity contribution < 1.29 is 0 Å². The van der Waals surface area contributed by atoms with E-state index < -0.39 is 8.07 Å². The molecule has 108 valence electrons. The third kappa shape index (κ3) is 6.38. The summed E-state index contributed by atoms with van der Waals surface area (Å²) in [6.07, 6.45) is 9.21. The highest BCUT2D eigenvalue weighted by atomic mass is 79.9. The van der Waals surface area contributed by atoms with Gasteiger partial charge in [-0.1, -0.05) is 72.5 Å². The summed E-state index contributed by atoms with van der Waals surface area (Å²) >= 11 is 7.11. The fourth-order valence-corrected chi connectivity index (χ4v) is 5.90. The number of allylic oxidation sites excluding steroid dienone is 1. The Labute approximate surface area is 132 Å². The van der Waals surface area contributed by atoms with E-state index >= 15 is 0 Å². The van der Waals surface area contributed by atoms with Crippen molar-refractivity contribution in [2.24, 2.45) is 0 Å². The zero-order valence-corrected chi connectivity index (χ0v) is 17.1. The zero-order valence-electron chi connectivity index (χ0n) is 12.9. The lowest BCUT2D eigenvalue weighted by Gasteiger charge is -2.42. The van der Waals surface area contributed by atoms with Gasteiger partial charge in [-0.15, -0.1) is 0 Å². The first-order valence-electron chi connectivity index (χ1n) is 7.15. The Morgan fingerprint density at radius 2 is 1.67 bits per heavy atom. The zero-order chi connectivity index (χ0) is 14.4. The molecule has 1 unspecified atom stereocenters. The normalized spacial score (nSPS) is 14.4. The first-order valence-corrected chi connectivity index (χ1v) is 11.8. The quantitative estimate of drug-likeness (QED) is 0.308. The second-order valence-corrected chi connectivity index (χ2v) is 15.3. The molecule has 0 aliphatic carbocycles. The molecule has 0 rings (SSSR count). The molecule has 0 spiro atoms. The Hall–Kier alpha value is 0.917. The Kier molecular flexibility index (Phi) is 8.68. The molecule has 0 radical (unpaired) electrons. The fraction of sp³-hybridized carbons (Fsp3) is 0.867. The van der Waals surface area contributed by atoms with Gasteiger partial charge in [-0.25, -0.2) is 0 Å². The molecule has 18 heavy (non-hydrogen) atoms. The molecule has 0 aromatic carbocycles. The van der Waals surface area contributed by atoms with E-state index in [1.165, 1.54) is 32.1 Å². The van der Waals surface area contributed by atoms with Crippen LogP contribution in [0.1, 0.15) is 59.8 Å². The van der Waals surface area contributed by atoms with Gasteiger partial charge in [0.1, 0.15) is 0 Å². The van der Waals surface area contributed by atoms with Crippen molar-refractivity contribution in [3.05, 3.63) is 9.47 Å². The van der Waals surface area contributed by atoms with Gasteiger partial charge >= 0.3 is 0 Å². The van der Waals surface area contributed by atoms with Gasteiger partial charge in [-0.3, -0.25) is 0 Å². The van der Waals surface area contributed by atoms with Crippen LogP contribution in [0, 0.1) is 0 Å². The molecule has 0 saturated heterocycles. The molecule has 0 bridgehead atoms. The molecule has 0 nitrogen and oxygen atoms in total. The third-order valence-electron chi connectivity index (χ3n) is 4.56. The maximum atomic E-state index is 3.56. The Balaban J connectivity index is 4.74. The van der Waals surface area contributed by atoms with Gasteiger partial charge in [0.05, 0.1) is 11.5 Å². The van der Waals surface area contributed by atoms with E-state index in [4.69, 9.17) is 0 Å². The third-order valence-corrected chi connectivity index (χ3v) is 11.3. The van der Waals surface area contributed by atoms with Crippen LogP contribution in [0.25, 0.3) is 0 Å². The van der Waals surface area contributed by atoms with Crippen LogP contribution in [-0.4, -0.2) is 8.07 Å². The summed E-state index contributed by atoms with van der Waals surface area (Å²) in [5, 5.41) is 0.453. The number of unbranched alkanes of at least 4 members (excludes halogenated alkanes) is 3. The second-order valence-electron chi connectivity index (χ2n) is 6.88. The van der Waals surface area contributed by atoms with Crippen molar-refractivity contribution in [2.75, 3.05) is 0 Å². The van der Waals surface area contributed by atoms with E-state index in [1.807, 2.05) is 0 Å². The van der Waals surface area contributed by atoms with Crippen LogP contribution in [0.5, 0.6) is 0 Å². The van der Waals surface area contributed by atoms with Gasteiger partial charge in [-0.2, -0.15) is 0 Å². The number of hydrogen-bond donors (Lipinski definition) is 0. The molecule has 0 fully saturated rings. The predicted octanol–water partition coefficient (Wildman–Crippen LogP) is 7.47. The molecule has 1 atom stereocenters. The van der Waals surface area contributed by atoms with E-state index in [2.05, 4.69) is 78.7 Å². The maximum Gasteiger partial charge on any atom is 0.0597 e. The Morgan fingerprint density at radius 3 is 2.06 bits per heavy atom. The van der Waals surface area contributed by atoms with E-state index in [-0.39, 0.29) is 0 Å². The SMILES string of the molecule is CCCCCCC(C=C(Br)Br)[Si](C)(C)C(C)(C)C. The monoisotopic (exact) mass is 396 g/mol. The van der Waals surface area contributed by atoms with E-state index in [0.717, 1.165) is 8.93 Å². The average molecular weight is 398 g/mol. The molecular formula is C15H30Br2Si. The second kappa shape index (κ2) is 8.26. The highest BCUT2D eigenvalue weighted by molar-refractivity contribution is 9.28. The van der Waals surface area contributed by atoms with Crippen molar-refractivity contribution in [2.45, 2.75) is 83.5 Å². The van der Waals surface area contributed by atoms with Gasteiger partial charge < -0.3 is 0 Å².